The Morgan fingerprint density at radius 2 is 2.14 bits per heavy atom. The highest BCUT2D eigenvalue weighted by Crippen LogP contribution is 2.31. The summed E-state index contributed by atoms with van der Waals surface area (Å²) in [6.07, 6.45) is 0.773. The molecule has 1 aliphatic rings. The second kappa shape index (κ2) is 5.88. The van der Waals surface area contributed by atoms with Gasteiger partial charge in [-0.1, -0.05) is 30.3 Å². The van der Waals surface area contributed by atoms with E-state index < -0.39 is 11.9 Å². The van der Waals surface area contributed by atoms with Gasteiger partial charge in [-0.2, -0.15) is 0 Å². The molecule has 0 radical (unpaired) electrons. The number of rotatable bonds is 4. The molecule has 114 valence electrons. The highest BCUT2D eigenvalue weighted by atomic mass is 32.1. The Bertz CT molecular complexity index is 711. The van der Waals surface area contributed by atoms with Crippen LogP contribution in [0.3, 0.4) is 0 Å². The zero-order valence-electron chi connectivity index (χ0n) is 12.2. The molecule has 3 rings (SSSR count). The van der Waals surface area contributed by atoms with Crippen LogP contribution in [0.4, 0.5) is 5.13 Å². The van der Waals surface area contributed by atoms with Crippen molar-refractivity contribution in [1.82, 2.24) is 4.98 Å². The summed E-state index contributed by atoms with van der Waals surface area (Å²) in [4.78, 5) is 30.2. The predicted molar refractivity (Wildman–Crippen MR) is 84.2 cm³/mol. The van der Waals surface area contributed by atoms with E-state index in [0.29, 0.717) is 11.6 Å². The minimum Gasteiger partial charge on any atom is -0.481 e. The summed E-state index contributed by atoms with van der Waals surface area (Å²) in [7, 11) is 0. The summed E-state index contributed by atoms with van der Waals surface area (Å²) in [5, 5.41) is 9.66. The maximum absolute atomic E-state index is 12.0. The van der Waals surface area contributed by atoms with E-state index in [9.17, 15) is 9.59 Å². The van der Waals surface area contributed by atoms with Gasteiger partial charge < -0.3 is 5.11 Å². The van der Waals surface area contributed by atoms with E-state index in [4.69, 9.17) is 5.11 Å². The molecule has 6 heteroatoms. The average molecular weight is 316 g/mol. The zero-order valence-corrected chi connectivity index (χ0v) is 13.0. The van der Waals surface area contributed by atoms with Gasteiger partial charge >= 0.3 is 5.97 Å². The van der Waals surface area contributed by atoms with Gasteiger partial charge in [-0.15, -0.1) is 11.3 Å². The first-order valence-corrected chi connectivity index (χ1v) is 7.89. The second-order valence-electron chi connectivity index (χ2n) is 5.41. The van der Waals surface area contributed by atoms with Gasteiger partial charge in [-0.3, -0.25) is 14.5 Å². The topological polar surface area (TPSA) is 70.5 Å². The standard InChI is InChI=1S/C16H16N2O3S/c1-10-13(7-11-5-3-2-4-6-11)17-16(22-10)18-9-12(15(20)21)8-14(18)19/h2-6,12H,7-9H2,1H3,(H,20,21)/t12-/m0/s1. The number of aromatic nitrogens is 1. The van der Waals surface area contributed by atoms with Crippen LogP contribution < -0.4 is 4.90 Å². The Morgan fingerprint density at radius 3 is 2.77 bits per heavy atom. The van der Waals surface area contributed by atoms with Crippen LogP contribution in [0.25, 0.3) is 0 Å². The van der Waals surface area contributed by atoms with Crippen LogP contribution in [0.1, 0.15) is 22.6 Å². The quantitative estimate of drug-likeness (QED) is 0.940. The van der Waals surface area contributed by atoms with Crippen molar-refractivity contribution in [2.75, 3.05) is 11.4 Å². The number of carboxylic acid groups (broad SMARTS) is 1. The van der Waals surface area contributed by atoms with E-state index in [1.807, 2.05) is 37.3 Å². The molecule has 1 amide bonds. The van der Waals surface area contributed by atoms with Crippen molar-refractivity contribution in [3.8, 4) is 0 Å². The Hall–Kier alpha value is -2.21. The molecule has 2 aromatic rings. The van der Waals surface area contributed by atoms with Crippen molar-refractivity contribution < 1.29 is 14.7 Å². The zero-order chi connectivity index (χ0) is 15.7. The fourth-order valence-corrected chi connectivity index (χ4v) is 3.49. The largest absolute Gasteiger partial charge is 0.481 e. The molecule has 0 spiro atoms. The Balaban J connectivity index is 1.80. The van der Waals surface area contributed by atoms with Crippen molar-refractivity contribution >= 4 is 28.3 Å². The Kier molecular flexibility index (Phi) is 3.94. The van der Waals surface area contributed by atoms with Crippen LogP contribution in [0.5, 0.6) is 0 Å². The number of anilines is 1. The number of aliphatic carboxylic acids is 1. The van der Waals surface area contributed by atoms with Gasteiger partial charge in [0.25, 0.3) is 0 Å². The number of aryl methyl sites for hydroxylation is 1. The number of thiazole rings is 1. The van der Waals surface area contributed by atoms with Gasteiger partial charge in [0.15, 0.2) is 5.13 Å². The molecule has 5 nitrogen and oxygen atoms in total. The van der Waals surface area contributed by atoms with Gasteiger partial charge in [0.1, 0.15) is 0 Å². The van der Waals surface area contributed by atoms with Crippen LogP contribution in [0, 0.1) is 12.8 Å². The third-order valence-corrected chi connectivity index (χ3v) is 4.84. The minimum atomic E-state index is -0.923. The highest BCUT2D eigenvalue weighted by Gasteiger charge is 2.36. The molecule has 0 aliphatic carbocycles. The molecule has 0 unspecified atom stereocenters. The number of hydrogen-bond acceptors (Lipinski definition) is 4. The van der Waals surface area contributed by atoms with Crippen LogP contribution >= 0.6 is 11.3 Å². The third-order valence-electron chi connectivity index (χ3n) is 3.80. The van der Waals surface area contributed by atoms with E-state index in [2.05, 4.69) is 4.98 Å². The lowest BCUT2D eigenvalue weighted by atomic mass is 10.1. The molecule has 0 bridgehead atoms. The summed E-state index contributed by atoms with van der Waals surface area (Å²) in [5.74, 6) is -1.71. The number of carbonyl (C=O) groups is 2. The number of amides is 1. The molecular formula is C16H16N2O3S. The first kappa shape index (κ1) is 14.7. The van der Waals surface area contributed by atoms with Crippen molar-refractivity contribution in [2.45, 2.75) is 19.8 Å². The third kappa shape index (κ3) is 2.87. The van der Waals surface area contributed by atoms with Crippen molar-refractivity contribution in [1.29, 1.82) is 0 Å². The molecule has 1 aromatic carbocycles. The summed E-state index contributed by atoms with van der Waals surface area (Å²) < 4.78 is 0. The minimum absolute atomic E-state index is 0.0575. The monoisotopic (exact) mass is 316 g/mol. The lowest BCUT2D eigenvalue weighted by Gasteiger charge is -2.11. The van der Waals surface area contributed by atoms with Crippen LogP contribution in [-0.4, -0.2) is 28.5 Å². The predicted octanol–water partition coefficient (Wildman–Crippen LogP) is 2.48. The van der Waals surface area contributed by atoms with E-state index in [1.54, 1.807) is 0 Å². The van der Waals surface area contributed by atoms with Crippen molar-refractivity contribution in [2.24, 2.45) is 5.92 Å². The molecule has 22 heavy (non-hydrogen) atoms. The molecule has 1 aromatic heterocycles. The average Bonchev–Trinajstić information content (AvgIpc) is 3.04. The van der Waals surface area contributed by atoms with E-state index in [1.165, 1.54) is 21.8 Å². The van der Waals surface area contributed by atoms with Crippen LogP contribution in [-0.2, 0) is 16.0 Å². The number of carboxylic acids is 1. The number of benzene rings is 1. The molecule has 1 fully saturated rings. The van der Waals surface area contributed by atoms with Gasteiger partial charge in [-0.05, 0) is 12.5 Å². The van der Waals surface area contributed by atoms with Gasteiger partial charge in [-0.25, -0.2) is 4.98 Å². The summed E-state index contributed by atoms with van der Waals surface area (Å²) in [6.45, 7) is 2.20. The SMILES string of the molecule is Cc1sc(N2C[C@@H](C(=O)O)CC2=O)nc1Cc1ccccc1. The molecule has 1 N–H and O–H groups in total. The van der Waals surface area contributed by atoms with Crippen molar-refractivity contribution in [3.05, 3.63) is 46.5 Å². The summed E-state index contributed by atoms with van der Waals surface area (Å²) in [6, 6.07) is 10.0. The molecule has 1 atom stereocenters. The summed E-state index contributed by atoms with van der Waals surface area (Å²) >= 11 is 1.45. The maximum Gasteiger partial charge on any atom is 0.308 e. The van der Waals surface area contributed by atoms with Gasteiger partial charge in [0.2, 0.25) is 5.91 Å². The molecule has 2 heterocycles. The molecule has 0 saturated carbocycles. The molecular weight excluding hydrogens is 300 g/mol. The van der Waals surface area contributed by atoms with Crippen LogP contribution in [0.15, 0.2) is 30.3 Å². The summed E-state index contributed by atoms with van der Waals surface area (Å²) in [5.41, 5.74) is 2.11. The lowest BCUT2D eigenvalue weighted by molar-refractivity contribution is -0.141. The Morgan fingerprint density at radius 1 is 1.41 bits per heavy atom. The number of carbonyl (C=O) groups excluding carboxylic acids is 1. The van der Waals surface area contributed by atoms with E-state index >= 15 is 0 Å². The van der Waals surface area contributed by atoms with E-state index in [-0.39, 0.29) is 18.9 Å². The first-order chi connectivity index (χ1) is 10.5. The second-order valence-corrected chi connectivity index (χ2v) is 6.59. The van der Waals surface area contributed by atoms with Gasteiger partial charge in [0, 0.05) is 24.3 Å². The number of nitrogens with zero attached hydrogens (tertiary/aromatic N) is 2. The normalized spacial score (nSPS) is 18.0. The fourth-order valence-electron chi connectivity index (χ4n) is 2.54. The lowest BCUT2D eigenvalue weighted by Crippen LogP contribution is -2.25. The smallest absolute Gasteiger partial charge is 0.308 e. The fraction of sp³-hybridized carbons (Fsp3) is 0.312. The molecule has 1 aliphatic heterocycles. The van der Waals surface area contributed by atoms with Crippen LogP contribution in [0.2, 0.25) is 0 Å². The maximum atomic E-state index is 12.0. The molecule has 1 saturated heterocycles. The van der Waals surface area contributed by atoms with Crippen molar-refractivity contribution in [3.63, 3.8) is 0 Å². The first-order valence-electron chi connectivity index (χ1n) is 7.08. The van der Waals surface area contributed by atoms with E-state index in [0.717, 1.165) is 10.6 Å². The Labute approximate surface area is 132 Å². The van der Waals surface area contributed by atoms with Gasteiger partial charge in [0.05, 0.1) is 11.6 Å². The number of hydrogen-bond donors (Lipinski definition) is 1. The highest BCUT2D eigenvalue weighted by molar-refractivity contribution is 7.15.